The molecule has 1 fully saturated rings. The van der Waals surface area contributed by atoms with Crippen molar-refractivity contribution in [1.82, 2.24) is 10.2 Å². The lowest BCUT2D eigenvalue weighted by atomic mass is 9.89. The van der Waals surface area contributed by atoms with Gasteiger partial charge in [0, 0.05) is 0 Å². The molecule has 0 radical (unpaired) electrons. The van der Waals surface area contributed by atoms with Crippen molar-refractivity contribution in [1.29, 1.82) is 0 Å². The average molecular weight is 304 g/mol. The van der Waals surface area contributed by atoms with E-state index in [0.717, 1.165) is 16.0 Å². The molecule has 1 aromatic rings. The molecule has 2 rings (SSSR count). The molecule has 118 valence electrons. The lowest BCUT2D eigenvalue weighted by Crippen LogP contribution is -2.54. The number of aliphatic carboxylic acids is 1. The van der Waals surface area contributed by atoms with Crippen molar-refractivity contribution in [2.45, 2.75) is 45.7 Å². The van der Waals surface area contributed by atoms with Gasteiger partial charge in [0.05, 0.1) is 0 Å². The minimum absolute atomic E-state index is 0.562. The van der Waals surface area contributed by atoms with Crippen LogP contribution in [0.5, 0.6) is 0 Å². The van der Waals surface area contributed by atoms with Crippen LogP contribution in [0, 0.1) is 13.8 Å². The van der Waals surface area contributed by atoms with E-state index in [9.17, 15) is 19.5 Å². The van der Waals surface area contributed by atoms with Crippen molar-refractivity contribution >= 4 is 17.9 Å². The van der Waals surface area contributed by atoms with Crippen molar-refractivity contribution in [3.05, 3.63) is 34.9 Å². The van der Waals surface area contributed by atoms with Crippen LogP contribution in [0.2, 0.25) is 0 Å². The van der Waals surface area contributed by atoms with Gasteiger partial charge >= 0.3 is 12.0 Å². The number of nitrogens with one attached hydrogen (secondary N) is 1. The molecular weight excluding hydrogens is 284 g/mol. The van der Waals surface area contributed by atoms with E-state index in [1.807, 2.05) is 26.0 Å². The zero-order chi connectivity index (χ0) is 16.9. The number of urea groups is 1. The second-order valence-electron chi connectivity index (χ2n) is 6.36. The molecule has 1 aliphatic heterocycles. The van der Waals surface area contributed by atoms with Crippen LogP contribution >= 0.6 is 0 Å². The van der Waals surface area contributed by atoms with Crippen LogP contribution in [0.4, 0.5) is 4.79 Å². The monoisotopic (exact) mass is 304 g/mol. The molecule has 6 heteroatoms. The molecule has 1 unspecified atom stereocenters. The van der Waals surface area contributed by atoms with Gasteiger partial charge in [0.2, 0.25) is 0 Å². The van der Waals surface area contributed by atoms with Gasteiger partial charge in [-0.2, -0.15) is 0 Å². The molecule has 1 aromatic carbocycles. The summed E-state index contributed by atoms with van der Waals surface area (Å²) in [5.41, 5.74) is -0.165. The van der Waals surface area contributed by atoms with Gasteiger partial charge in [-0.1, -0.05) is 18.2 Å². The first kappa shape index (κ1) is 16.0. The van der Waals surface area contributed by atoms with E-state index in [0.29, 0.717) is 5.56 Å². The van der Waals surface area contributed by atoms with Crippen molar-refractivity contribution in [3.63, 3.8) is 0 Å². The van der Waals surface area contributed by atoms with Crippen molar-refractivity contribution in [3.8, 4) is 0 Å². The molecule has 1 atom stereocenters. The number of hydrogen-bond acceptors (Lipinski definition) is 3. The van der Waals surface area contributed by atoms with Crippen LogP contribution in [0.25, 0.3) is 0 Å². The van der Waals surface area contributed by atoms with E-state index in [1.54, 1.807) is 13.0 Å². The number of imide groups is 1. The van der Waals surface area contributed by atoms with Gasteiger partial charge in [-0.15, -0.1) is 0 Å². The summed E-state index contributed by atoms with van der Waals surface area (Å²) in [5, 5.41) is 11.9. The standard InChI is InChI=1S/C16H20N2O4/c1-9-6-7-11(8-10(9)2)16(5)12(19)18(14(22)17-16)15(3,4)13(20)21/h6-8H,1-5H3,(H,17,22)(H,20,21). The molecule has 6 nitrogen and oxygen atoms in total. The summed E-state index contributed by atoms with van der Waals surface area (Å²) in [5.74, 6) is -1.80. The SMILES string of the molecule is Cc1ccc(C2(C)NC(=O)N(C(C)(C)C(=O)O)C2=O)cc1C. The van der Waals surface area contributed by atoms with Crippen molar-refractivity contribution in [2.24, 2.45) is 0 Å². The van der Waals surface area contributed by atoms with Gasteiger partial charge < -0.3 is 10.4 Å². The number of nitrogens with zero attached hydrogens (tertiary/aromatic N) is 1. The maximum Gasteiger partial charge on any atom is 0.329 e. The van der Waals surface area contributed by atoms with Crippen LogP contribution in [0.3, 0.4) is 0 Å². The number of carboxylic acid groups (broad SMARTS) is 1. The molecule has 0 aromatic heterocycles. The zero-order valence-electron chi connectivity index (χ0n) is 13.4. The molecule has 0 saturated carbocycles. The number of benzene rings is 1. The average Bonchev–Trinajstić information content (AvgIpc) is 2.64. The molecule has 22 heavy (non-hydrogen) atoms. The lowest BCUT2D eigenvalue weighted by Gasteiger charge is -2.30. The molecule has 1 aliphatic rings. The van der Waals surface area contributed by atoms with Crippen LogP contribution in [-0.4, -0.2) is 33.5 Å². The Morgan fingerprint density at radius 2 is 1.82 bits per heavy atom. The Kier molecular flexibility index (Phi) is 3.51. The number of carboxylic acids is 1. The third kappa shape index (κ3) is 2.15. The van der Waals surface area contributed by atoms with Gasteiger partial charge in [0.25, 0.3) is 5.91 Å². The van der Waals surface area contributed by atoms with Gasteiger partial charge in [0.1, 0.15) is 11.1 Å². The maximum atomic E-state index is 12.8. The number of carbonyl (C=O) groups excluding carboxylic acids is 2. The Morgan fingerprint density at radius 1 is 1.23 bits per heavy atom. The fourth-order valence-electron chi connectivity index (χ4n) is 2.49. The van der Waals surface area contributed by atoms with E-state index in [1.165, 1.54) is 13.8 Å². The Labute approximate surface area is 129 Å². The van der Waals surface area contributed by atoms with Crippen molar-refractivity contribution < 1.29 is 19.5 Å². The van der Waals surface area contributed by atoms with Gasteiger partial charge in [-0.05, 0) is 51.3 Å². The first-order valence-electron chi connectivity index (χ1n) is 6.99. The smallest absolute Gasteiger partial charge is 0.329 e. The molecule has 2 N–H and O–H groups in total. The fraction of sp³-hybridized carbons (Fsp3) is 0.438. The molecule has 0 aliphatic carbocycles. The molecule has 1 saturated heterocycles. The summed E-state index contributed by atoms with van der Waals surface area (Å²) in [4.78, 5) is 37.1. The van der Waals surface area contributed by atoms with Gasteiger partial charge in [-0.3, -0.25) is 4.79 Å². The van der Waals surface area contributed by atoms with Crippen LogP contribution < -0.4 is 5.32 Å². The normalized spacial score (nSPS) is 22.0. The topological polar surface area (TPSA) is 86.7 Å². The number of hydrogen-bond donors (Lipinski definition) is 2. The quantitative estimate of drug-likeness (QED) is 0.835. The predicted octanol–water partition coefficient (Wildman–Crippen LogP) is 1.93. The zero-order valence-corrected chi connectivity index (χ0v) is 13.4. The second kappa shape index (κ2) is 4.83. The minimum Gasteiger partial charge on any atom is -0.480 e. The van der Waals surface area contributed by atoms with E-state index >= 15 is 0 Å². The number of carbonyl (C=O) groups is 3. The summed E-state index contributed by atoms with van der Waals surface area (Å²) in [6, 6.07) is 4.79. The summed E-state index contributed by atoms with van der Waals surface area (Å²) >= 11 is 0. The van der Waals surface area contributed by atoms with Crippen LogP contribution in [0.15, 0.2) is 18.2 Å². The van der Waals surface area contributed by atoms with Crippen LogP contribution in [0.1, 0.15) is 37.5 Å². The highest BCUT2D eigenvalue weighted by molar-refractivity contribution is 6.10. The van der Waals surface area contributed by atoms with E-state index in [4.69, 9.17) is 0 Å². The Morgan fingerprint density at radius 3 is 2.32 bits per heavy atom. The summed E-state index contributed by atoms with van der Waals surface area (Å²) < 4.78 is 0. The Hall–Kier alpha value is -2.37. The van der Waals surface area contributed by atoms with Crippen molar-refractivity contribution in [2.75, 3.05) is 0 Å². The number of amides is 3. The first-order chi connectivity index (χ1) is 10.0. The highest BCUT2D eigenvalue weighted by Gasteiger charge is 2.56. The summed E-state index contributed by atoms with van der Waals surface area (Å²) in [6.45, 7) is 8.13. The Balaban J connectivity index is 2.50. The molecular formula is C16H20N2O4. The van der Waals surface area contributed by atoms with E-state index < -0.39 is 29.0 Å². The highest BCUT2D eigenvalue weighted by Crippen LogP contribution is 2.33. The summed E-state index contributed by atoms with van der Waals surface area (Å²) in [7, 11) is 0. The molecule has 0 bridgehead atoms. The highest BCUT2D eigenvalue weighted by atomic mass is 16.4. The third-order valence-corrected chi connectivity index (χ3v) is 4.36. The van der Waals surface area contributed by atoms with Gasteiger partial charge in [0.15, 0.2) is 0 Å². The fourth-order valence-corrected chi connectivity index (χ4v) is 2.49. The van der Waals surface area contributed by atoms with Gasteiger partial charge in [-0.25, -0.2) is 14.5 Å². The van der Waals surface area contributed by atoms with E-state index in [-0.39, 0.29) is 0 Å². The third-order valence-electron chi connectivity index (χ3n) is 4.36. The predicted molar refractivity (Wildman–Crippen MR) is 80.4 cm³/mol. The Bertz CT molecular complexity index is 681. The number of rotatable bonds is 3. The number of aryl methyl sites for hydroxylation is 2. The van der Waals surface area contributed by atoms with Crippen LogP contribution in [-0.2, 0) is 15.1 Å². The van der Waals surface area contributed by atoms with E-state index in [2.05, 4.69) is 5.32 Å². The minimum atomic E-state index is -1.61. The molecule has 3 amide bonds. The second-order valence-corrected chi connectivity index (χ2v) is 6.36. The summed E-state index contributed by atoms with van der Waals surface area (Å²) in [6.07, 6.45) is 0. The largest absolute Gasteiger partial charge is 0.480 e. The maximum absolute atomic E-state index is 12.8. The molecule has 0 spiro atoms. The molecule has 1 heterocycles. The first-order valence-corrected chi connectivity index (χ1v) is 6.99. The lowest BCUT2D eigenvalue weighted by molar-refractivity contribution is -0.153.